The third-order valence-electron chi connectivity index (χ3n) is 2.65. The quantitative estimate of drug-likeness (QED) is 0.628. The normalized spacial score (nSPS) is 12.0. The smallest absolute Gasteiger partial charge is 0.0463 e. The van der Waals surface area contributed by atoms with Gasteiger partial charge in [0.05, 0.1) is 0 Å². The summed E-state index contributed by atoms with van der Waals surface area (Å²) >= 11 is 0. The maximum absolute atomic E-state index is 4.52. The summed E-state index contributed by atoms with van der Waals surface area (Å²) in [6.45, 7) is 8.68. The summed E-state index contributed by atoms with van der Waals surface area (Å²) in [5, 5.41) is 2.50. The van der Waals surface area contributed by atoms with Crippen LogP contribution in [0.2, 0.25) is 0 Å². The molecule has 0 saturated heterocycles. The van der Waals surface area contributed by atoms with Gasteiger partial charge >= 0.3 is 0 Å². The highest BCUT2D eigenvalue weighted by Gasteiger charge is 2.15. The lowest BCUT2D eigenvalue weighted by Crippen LogP contribution is -2.12. The predicted octanol–water partition coefficient (Wildman–Crippen LogP) is 3.84. The van der Waals surface area contributed by atoms with Gasteiger partial charge < -0.3 is 0 Å². The molecule has 2 rings (SSSR count). The van der Waals surface area contributed by atoms with Crippen molar-refractivity contribution >= 4 is 10.8 Å². The molecular formula is C14H17N. The van der Waals surface area contributed by atoms with Gasteiger partial charge in [0.2, 0.25) is 0 Å². The van der Waals surface area contributed by atoms with Crippen molar-refractivity contribution in [2.75, 3.05) is 0 Å². The van der Waals surface area contributed by atoms with Crippen molar-refractivity contribution in [2.45, 2.75) is 33.1 Å². The minimum atomic E-state index is 0.124. The highest BCUT2D eigenvalue weighted by Crippen LogP contribution is 2.24. The molecule has 0 N–H and O–H groups in total. The van der Waals surface area contributed by atoms with Crippen molar-refractivity contribution in [3.05, 3.63) is 41.7 Å². The Morgan fingerprint density at radius 1 is 1.00 bits per heavy atom. The third kappa shape index (κ3) is 2.01. The van der Waals surface area contributed by atoms with Crippen LogP contribution in [0.1, 0.15) is 32.0 Å². The SMILES string of the molecule is Cc1ccc2cc(C(C)(C)C)ncc2c1. The number of aromatic nitrogens is 1. The third-order valence-corrected chi connectivity index (χ3v) is 2.65. The molecule has 0 amide bonds. The van der Waals surface area contributed by atoms with Crippen LogP contribution in [0.4, 0.5) is 0 Å². The molecule has 0 bridgehead atoms. The molecule has 0 fully saturated rings. The molecule has 2 aromatic rings. The van der Waals surface area contributed by atoms with Crippen LogP contribution in [0.5, 0.6) is 0 Å². The molecule has 0 radical (unpaired) electrons. The molecule has 1 heterocycles. The largest absolute Gasteiger partial charge is 0.260 e. The van der Waals surface area contributed by atoms with Crippen molar-refractivity contribution in [3.63, 3.8) is 0 Å². The van der Waals surface area contributed by atoms with Gasteiger partial charge in [-0.3, -0.25) is 4.98 Å². The molecular weight excluding hydrogens is 182 g/mol. The van der Waals surface area contributed by atoms with Crippen LogP contribution in [0, 0.1) is 6.92 Å². The molecule has 0 aliphatic rings. The Balaban J connectivity index is 2.62. The van der Waals surface area contributed by atoms with Crippen LogP contribution in [0.15, 0.2) is 30.5 Å². The van der Waals surface area contributed by atoms with Crippen LogP contribution in [-0.2, 0) is 5.41 Å². The molecule has 1 nitrogen and oxygen atoms in total. The van der Waals surface area contributed by atoms with Crippen molar-refractivity contribution in [1.82, 2.24) is 4.98 Å². The predicted molar refractivity (Wildman–Crippen MR) is 65.2 cm³/mol. The van der Waals surface area contributed by atoms with Gasteiger partial charge in [-0.1, -0.05) is 38.5 Å². The van der Waals surface area contributed by atoms with Crippen molar-refractivity contribution in [2.24, 2.45) is 0 Å². The Hall–Kier alpha value is -1.37. The Morgan fingerprint density at radius 3 is 2.40 bits per heavy atom. The van der Waals surface area contributed by atoms with Gasteiger partial charge in [0, 0.05) is 22.7 Å². The summed E-state index contributed by atoms with van der Waals surface area (Å²) in [6, 6.07) is 8.68. The number of nitrogens with zero attached hydrogens (tertiary/aromatic N) is 1. The van der Waals surface area contributed by atoms with Gasteiger partial charge in [-0.05, 0) is 24.4 Å². The Morgan fingerprint density at radius 2 is 1.73 bits per heavy atom. The van der Waals surface area contributed by atoms with E-state index in [2.05, 4.69) is 56.9 Å². The minimum absolute atomic E-state index is 0.124. The van der Waals surface area contributed by atoms with Crippen LogP contribution in [0.25, 0.3) is 10.8 Å². The topological polar surface area (TPSA) is 12.9 Å². The Bertz CT molecular complexity index is 492. The molecule has 0 atom stereocenters. The average molecular weight is 199 g/mol. The Kier molecular flexibility index (Phi) is 2.26. The summed E-state index contributed by atoms with van der Waals surface area (Å²) in [6.07, 6.45) is 1.98. The van der Waals surface area contributed by atoms with Crippen molar-refractivity contribution in [1.29, 1.82) is 0 Å². The van der Waals surface area contributed by atoms with Crippen LogP contribution >= 0.6 is 0 Å². The zero-order valence-corrected chi connectivity index (χ0v) is 9.83. The zero-order chi connectivity index (χ0) is 11.1. The van der Waals surface area contributed by atoms with Crippen molar-refractivity contribution < 1.29 is 0 Å². The molecule has 78 valence electrons. The number of hydrogen-bond acceptors (Lipinski definition) is 1. The lowest BCUT2D eigenvalue weighted by atomic mass is 9.90. The van der Waals surface area contributed by atoms with Gasteiger partial charge in [-0.25, -0.2) is 0 Å². The molecule has 0 aliphatic heterocycles. The van der Waals surface area contributed by atoms with Crippen LogP contribution < -0.4 is 0 Å². The number of hydrogen-bond donors (Lipinski definition) is 0. The molecule has 0 aliphatic carbocycles. The second-order valence-corrected chi connectivity index (χ2v) is 5.17. The summed E-state index contributed by atoms with van der Waals surface area (Å²) in [7, 11) is 0. The first-order valence-corrected chi connectivity index (χ1v) is 5.34. The summed E-state index contributed by atoms with van der Waals surface area (Å²) < 4.78 is 0. The monoisotopic (exact) mass is 199 g/mol. The van der Waals surface area contributed by atoms with Crippen LogP contribution in [-0.4, -0.2) is 4.98 Å². The second kappa shape index (κ2) is 3.34. The van der Waals surface area contributed by atoms with E-state index in [1.54, 1.807) is 0 Å². The number of aryl methyl sites for hydroxylation is 1. The lowest BCUT2D eigenvalue weighted by Gasteiger charge is -2.17. The maximum atomic E-state index is 4.52. The van der Waals surface area contributed by atoms with Gasteiger partial charge in [0.15, 0.2) is 0 Å². The van der Waals surface area contributed by atoms with E-state index in [1.807, 2.05) is 6.20 Å². The molecule has 0 unspecified atom stereocenters. The fourth-order valence-corrected chi connectivity index (χ4v) is 1.67. The van der Waals surface area contributed by atoms with E-state index < -0.39 is 0 Å². The molecule has 1 aromatic heterocycles. The molecule has 0 spiro atoms. The maximum Gasteiger partial charge on any atom is 0.0463 e. The van der Waals surface area contributed by atoms with Crippen molar-refractivity contribution in [3.8, 4) is 0 Å². The van der Waals surface area contributed by atoms with Gasteiger partial charge in [-0.2, -0.15) is 0 Å². The summed E-state index contributed by atoms with van der Waals surface area (Å²) in [5.74, 6) is 0. The first-order valence-electron chi connectivity index (χ1n) is 5.34. The highest BCUT2D eigenvalue weighted by atomic mass is 14.7. The summed E-state index contributed by atoms with van der Waals surface area (Å²) in [5.41, 5.74) is 2.56. The van der Waals surface area contributed by atoms with Gasteiger partial charge in [0.1, 0.15) is 0 Å². The average Bonchev–Trinajstić information content (AvgIpc) is 2.15. The summed E-state index contributed by atoms with van der Waals surface area (Å²) in [4.78, 5) is 4.52. The van der Waals surface area contributed by atoms with Gasteiger partial charge in [-0.15, -0.1) is 0 Å². The number of benzene rings is 1. The van der Waals surface area contributed by atoms with E-state index in [0.717, 1.165) is 5.69 Å². The Labute approximate surface area is 91.2 Å². The molecule has 1 heteroatoms. The molecule has 15 heavy (non-hydrogen) atoms. The highest BCUT2D eigenvalue weighted by molar-refractivity contribution is 5.82. The first-order chi connectivity index (χ1) is 6.97. The minimum Gasteiger partial charge on any atom is -0.260 e. The lowest BCUT2D eigenvalue weighted by molar-refractivity contribution is 0.570. The molecule has 1 aromatic carbocycles. The fraction of sp³-hybridized carbons (Fsp3) is 0.357. The fourth-order valence-electron chi connectivity index (χ4n) is 1.67. The van der Waals surface area contributed by atoms with Gasteiger partial charge in [0.25, 0.3) is 0 Å². The van der Waals surface area contributed by atoms with E-state index in [9.17, 15) is 0 Å². The van der Waals surface area contributed by atoms with E-state index >= 15 is 0 Å². The van der Waals surface area contributed by atoms with E-state index in [-0.39, 0.29) is 5.41 Å². The first kappa shape index (κ1) is 10.2. The van der Waals surface area contributed by atoms with Crippen LogP contribution in [0.3, 0.4) is 0 Å². The van der Waals surface area contributed by atoms with E-state index in [0.29, 0.717) is 0 Å². The number of rotatable bonds is 0. The van der Waals surface area contributed by atoms with E-state index in [1.165, 1.54) is 16.3 Å². The zero-order valence-electron chi connectivity index (χ0n) is 9.83. The standard InChI is InChI=1S/C14H17N/c1-10-5-6-11-8-13(14(2,3)4)15-9-12(11)7-10/h5-9H,1-4H3. The number of pyridine rings is 1. The van der Waals surface area contributed by atoms with E-state index in [4.69, 9.17) is 0 Å². The second-order valence-electron chi connectivity index (χ2n) is 5.17. The number of fused-ring (bicyclic) bond motifs is 1. The molecule has 0 saturated carbocycles.